The molecule has 0 aliphatic carbocycles. The number of aliphatic hydroxyl groups excluding tert-OH is 1. The van der Waals surface area contributed by atoms with Gasteiger partial charge in [-0.2, -0.15) is 0 Å². The molecule has 0 amide bonds. The van der Waals surface area contributed by atoms with Gasteiger partial charge in [0.1, 0.15) is 11.5 Å². The predicted molar refractivity (Wildman–Crippen MR) is 69.0 cm³/mol. The summed E-state index contributed by atoms with van der Waals surface area (Å²) in [6.07, 6.45) is 0. The molecule has 1 rings (SSSR count). The van der Waals surface area contributed by atoms with Crippen molar-refractivity contribution in [3.05, 3.63) is 23.3 Å². The third-order valence-electron chi connectivity index (χ3n) is 2.92. The Balaban J connectivity index is 3.31. The zero-order chi connectivity index (χ0) is 13.1. The van der Waals surface area contributed by atoms with Crippen molar-refractivity contribution in [3.63, 3.8) is 0 Å². The monoisotopic (exact) mass is 238 g/mol. The Bertz CT molecular complexity index is 383. The molecule has 96 valence electrons. The highest BCUT2D eigenvalue weighted by molar-refractivity contribution is 5.49. The van der Waals surface area contributed by atoms with Crippen LogP contribution in [0, 0.1) is 6.92 Å². The molecule has 1 N–H and O–H groups in total. The first-order valence-electron chi connectivity index (χ1n) is 5.89. The second-order valence-electron chi connectivity index (χ2n) is 4.79. The van der Waals surface area contributed by atoms with Gasteiger partial charge in [0, 0.05) is 11.0 Å². The summed E-state index contributed by atoms with van der Waals surface area (Å²) in [6, 6.07) is 3.92. The number of aliphatic hydroxyl groups is 1. The van der Waals surface area contributed by atoms with E-state index in [1.54, 1.807) is 7.11 Å². The molecule has 0 atom stereocenters. The first-order valence-corrected chi connectivity index (χ1v) is 5.89. The van der Waals surface area contributed by atoms with Crippen molar-refractivity contribution in [2.45, 2.75) is 33.1 Å². The Morgan fingerprint density at radius 1 is 1.24 bits per heavy atom. The standard InChI is InChI=1S/C14H22O3/c1-6-17-12-8-11(14(3,4)9-15)13(16-5)7-10(12)2/h7-8,15H,6,9H2,1-5H3. The summed E-state index contributed by atoms with van der Waals surface area (Å²) >= 11 is 0. The third kappa shape index (κ3) is 2.91. The molecule has 3 heteroatoms. The van der Waals surface area contributed by atoms with Gasteiger partial charge in [-0.15, -0.1) is 0 Å². The van der Waals surface area contributed by atoms with Crippen LogP contribution in [0.2, 0.25) is 0 Å². The van der Waals surface area contributed by atoms with E-state index >= 15 is 0 Å². The molecule has 0 aromatic heterocycles. The summed E-state index contributed by atoms with van der Waals surface area (Å²) in [6.45, 7) is 8.61. The molecule has 0 aliphatic heterocycles. The fourth-order valence-corrected chi connectivity index (χ4v) is 1.76. The number of rotatable bonds is 5. The van der Waals surface area contributed by atoms with E-state index in [0.29, 0.717) is 6.61 Å². The van der Waals surface area contributed by atoms with Crippen molar-refractivity contribution >= 4 is 0 Å². The van der Waals surface area contributed by atoms with Crippen molar-refractivity contribution in [1.29, 1.82) is 0 Å². The van der Waals surface area contributed by atoms with Gasteiger partial charge in [-0.3, -0.25) is 0 Å². The van der Waals surface area contributed by atoms with E-state index < -0.39 is 0 Å². The Labute approximate surface area is 103 Å². The van der Waals surface area contributed by atoms with Gasteiger partial charge in [-0.1, -0.05) is 13.8 Å². The molecule has 1 aromatic carbocycles. The van der Waals surface area contributed by atoms with Gasteiger partial charge in [-0.05, 0) is 31.5 Å². The highest BCUT2D eigenvalue weighted by atomic mass is 16.5. The van der Waals surface area contributed by atoms with Gasteiger partial charge in [0.2, 0.25) is 0 Å². The number of hydrogen-bond acceptors (Lipinski definition) is 3. The van der Waals surface area contributed by atoms with Crippen molar-refractivity contribution in [2.75, 3.05) is 20.3 Å². The van der Waals surface area contributed by atoms with Crippen LogP contribution in [-0.2, 0) is 5.41 Å². The van der Waals surface area contributed by atoms with Gasteiger partial charge in [0.25, 0.3) is 0 Å². The van der Waals surface area contributed by atoms with Crippen LogP contribution in [0.25, 0.3) is 0 Å². The van der Waals surface area contributed by atoms with E-state index in [1.807, 2.05) is 39.8 Å². The van der Waals surface area contributed by atoms with E-state index in [-0.39, 0.29) is 12.0 Å². The van der Waals surface area contributed by atoms with Crippen LogP contribution in [0.1, 0.15) is 31.9 Å². The van der Waals surface area contributed by atoms with Gasteiger partial charge in [0.05, 0.1) is 20.3 Å². The lowest BCUT2D eigenvalue weighted by molar-refractivity contribution is 0.214. The van der Waals surface area contributed by atoms with Gasteiger partial charge in [0.15, 0.2) is 0 Å². The first kappa shape index (κ1) is 13.8. The van der Waals surface area contributed by atoms with E-state index in [9.17, 15) is 5.11 Å². The highest BCUT2D eigenvalue weighted by Crippen LogP contribution is 2.36. The summed E-state index contributed by atoms with van der Waals surface area (Å²) in [5.41, 5.74) is 1.67. The number of hydrogen-bond donors (Lipinski definition) is 1. The lowest BCUT2D eigenvalue weighted by Crippen LogP contribution is -2.23. The van der Waals surface area contributed by atoms with Crippen LogP contribution < -0.4 is 9.47 Å². The van der Waals surface area contributed by atoms with Gasteiger partial charge >= 0.3 is 0 Å². The van der Waals surface area contributed by atoms with Crippen LogP contribution in [-0.4, -0.2) is 25.4 Å². The molecule has 0 unspecified atom stereocenters. The SMILES string of the molecule is CCOc1cc(C(C)(C)CO)c(OC)cc1C. The van der Waals surface area contributed by atoms with E-state index in [2.05, 4.69) is 0 Å². The van der Waals surface area contributed by atoms with Crippen LogP contribution in [0.4, 0.5) is 0 Å². The molecule has 17 heavy (non-hydrogen) atoms. The zero-order valence-electron chi connectivity index (χ0n) is 11.3. The average molecular weight is 238 g/mol. The van der Waals surface area contributed by atoms with Gasteiger partial charge in [-0.25, -0.2) is 0 Å². The van der Waals surface area contributed by atoms with Crippen molar-refractivity contribution in [1.82, 2.24) is 0 Å². The maximum Gasteiger partial charge on any atom is 0.123 e. The second-order valence-corrected chi connectivity index (χ2v) is 4.79. The minimum atomic E-state index is -0.342. The summed E-state index contributed by atoms with van der Waals surface area (Å²) in [5.74, 6) is 1.65. The summed E-state index contributed by atoms with van der Waals surface area (Å²) < 4.78 is 11.0. The Kier molecular flexibility index (Phi) is 4.40. The van der Waals surface area contributed by atoms with Crippen LogP contribution in [0.5, 0.6) is 11.5 Å². The zero-order valence-corrected chi connectivity index (χ0v) is 11.3. The highest BCUT2D eigenvalue weighted by Gasteiger charge is 2.25. The molecule has 0 heterocycles. The lowest BCUT2D eigenvalue weighted by atomic mass is 9.84. The minimum Gasteiger partial charge on any atom is -0.496 e. The molecule has 3 nitrogen and oxygen atoms in total. The number of aryl methyl sites for hydroxylation is 1. The molecule has 0 bridgehead atoms. The van der Waals surface area contributed by atoms with Crippen LogP contribution in [0.3, 0.4) is 0 Å². The topological polar surface area (TPSA) is 38.7 Å². The minimum absolute atomic E-state index is 0.0674. The lowest BCUT2D eigenvalue weighted by Gasteiger charge is -2.26. The Morgan fingerprint density at radius 3 is 2.35 bits per heavy atom. The van der Waals surface area contributed by atoms with Crippen molar-refractivity contribution in [3.8, 4) is 11.5 Å². The normalized spacial score (nSPS) is 11.4. The fraction of sp³-hybridized carbons (Fsp3) is 0.571. The summed E-state index contributed by atoms with van der Waals surface area (Å²) in [4.78, 5) is 0. The quantitative estimate of drug-likeness (QED) is 0.857. The molecule has 0 saturated carbocycles. The summed E-state index contributed by atoms with van der Waals surface area (Å²) in [5, 5.41) is 9.46. The molecule has 0 saturated heterocycles. The van der Waals surface area contributed by atoms with Crippen molar-refractivity contribution in [2.24, 2.45) is 0 Å². The third-order valence-corrected chi connectivity index (χ3v) is 2.92. The van der Waals surface area contributed by atoms with Crippen molar-refractivity contribution < 1.29 is 14.6 Å². The molecule has 0 spiro atoms. The fourth-order valence-electron chi connectivity index (χ4n) is 1.76. The number of methoxy groups -OCH3 is 1. The number of benzene rings is 1. The van der Waals surface area contributed by atoms with Gasteiger partial charge < -0.3 is 14.6 Å². The first-order chi connectivity index (χ1) is 7.96. The maximum absolute atomic E-state index is 9.46. The second kappa shape index (κ2) is 5.41. The van der Waals surface area contributed by atoms with E-state index in [1.165, 1.54) is 0 Å². The Morgan fingerprint density at radius 2 is 1.88 bits per heavy atom. The molecule has 1 aromatic rings. The molecular weight excluding hydrogens is 216 g/mol. The molecule has 0 aliphatic rings. The van der Waals surface area contributed by atoms with E-state index in [4.69, 9.17) is 9.47 Å². The van der Waals surface area contributed by atoms with E-state index in [0.717, 1.165) is 22.6 Å². The number of ether oxygens (including phenoxy) is 2. The molecule has 0 radical (unpaired) electrons. The van der Waals surface area contributed by atoms with Crippen LogP contribution >= 0.6 is 0 Å². The molecular formula is C14H22O3. The predicted octanol–water partition coefficient (Wildman–Crippen LogP) is 2.67. The maximum atomic E-state index is 9.46. The largest absolute Gasteiger partial charge is 0.496 e. The smallest absolute Gasteiger partial charge is 0.123 e. The van der Waals surface area contributed by atoms with Crippen LogP contribution in [0.15, 0.2) is 12.1 Å². The molecule has 0 fully saturated rings. The average Bonchev–Trinajstić information content (AvgIpc) is 2.31. The summed E-state index contributed by atoms with van der Waals surface area (Å²) in [7, 11) is 1.64. The Hall–Kier alpha value is -1.22.